The van der Waals surface area contributed by atoms with Crippen molar-refractivity contribution in [3.8, 4) is 0 Å². The fourth-order valence-electron chi connectivity index (χ4n) is 1.64. The van der Waals surface area contributed by atoms with E-state index in [0.29, 0.717) is 0 Å². The largest absolute Gasteiger partial charge is 0.349 e. The van der Waals surface area contributed by atoms with E-state index in [1.807, 2.05) is 0 Å². The van der Waals surface area contributed by atoms with Gasteiger partial charge in [-0.3, -0.25) is 4.79 Å². The van der Waals surface area contributed by atoms with Gasteiger partial charge in [-0.25, -0.2) is 30.3 Å². The number of alkyl halides is 1. The second-order valence-corrected chi connectivity index (χ2v) is 9.04. The second kappa shape index (κ2) is 8.51. The van der Waals surface area contributed by atoms with Gasteiger partial charge in [-0.2, -0.15) is 0 Å². The first-order chi connectivity index (χ1) is 11.1. The number of rotatable bonds is 9. The molecule has 0 heterocycles. The third-order valence-corrected chi connectivity index (χ3v) is 6.29. The fourth-order valence-corrected chi connectivity index (χ4v) is 3.57. The Morgan fingerprint density at radius 3 is 2.42 bits per heavy atom. The summed E-state index contributed by atoms with van der Waals surface area (Å²) in [4.78, 5) is 11.5. The van der Waals surface area contributed by atoms with Crippen molar-refractivity contribution < 1.29 is 26.0 Å². The van der Waals surface area contributed by atoms with Crippen molar-refractivity contribution in [1.29, 1.82) is 0 Å². The van der Waals surface area contributed by atoms with Crippen LogP contribution in [0.4, 0.5) is 4.39 Å². The molecule has 0 aliphatic carbocycles. The minimum Gasteiger partial charge on any atom is -0.349 e. The number of hydrogen-bond acceptors (Lipinski definition) is 5. The van der Waals surface area contributed by atoms with Gasteiger partial charge < -0.3 is 5.32 Å². The molecule has 24 heavy (non-hydrogen) atoms. The van der Waals surface area contributed by atoms with E-state index in [0.717, 1.165) is 10.4 Å². The van der Waals surface area contributed by atoms with Crippen LogP contribution in [-0.2, 0) is 20.0 Å². The van der Waals surface area contributed by atoms with E-state index < -0.39 is 38.4 Å². The van der Waals surface area contributed by atoms with Crippen LogP contribution in [0, 0.1) is 0 Å². The number of halogens is 1. The predicted octanol–water partition coefficient (Wildman–Crippen LogP) is -0.444. The highest BCUT2D eigenvalue weighted by atomic mass is 32.2. The Morgan fingerprint density at radius 1 is 1.17 bits per heavy atom. The van der Waals surface area contributed by atoms with Gasteiger partial charge >= 0.3 is 0 Å². The van der Waals surface area contributed by atoms with Crippen molar-refractivity contribution in [3.05, 3.63) is 29.8 Å². The molecule has 0 saturated heterocycles. The lowest BCUT2D eigenvalue weighted by molar-refractivity contribution is 0.0950. The van der Waals surface area contributed by atoms with Crippen LogP contribution in [0.1, 0.15) is 10.4 Å². The number of amides is 1. The van der Waals surface area contributed by atoms with Gasteiger partial charge in [0.1, 0.15) is 6.67 Å². The summed E-state index contributed by atoms with van der Waals surface area (Å²) in [5, 5.41) is 2.29. The summed E-state index contributed by atoms with van der Waals surface area (Å²) in [5.41, 5.74) is 0.0623. The summed E-state index contributed by atoms with van der Waals surface area (Å²) in [6.07, 6.45) is 0. The van der Waals surface area contributed by atoms with Gasteiger partial charge in [-0.1, -0.05) is 6.07 Å². The third kappa shape index (κ3) is 5.82. The maximum atomic E-state index is 12.2. The minimum absolute atomic E-state index is 0.0623. The Labute approximate surface area is 141 Å². The van der Waals surface area contributed by atoms with E-state index in [1.165, 1.54) is 32.3 Å². The van der Waals surface area contributed by atoms with E-state index in [9.17, 15) is 26.0 Å². The summed E-state index contributed by atoms with van der Waals surface area (Å²) in [5.74, 6) is -0.990. The maximum absolute atomic E-state index is 12.2. The number of hydrogen-bond donors (Lipinski definition) is 2. The molecule has 0 radical (unpaired) electrons. The summed E-state index contributed by atoms with van der Waals surface area (Å²) < 4.78 is 62.8. The molecule has 0 bridgehead atoms. The van der Waals surface area contributed by atoms with Gasteiger partial charge in [-0.05, 0) is 18.2 Å². The molecule has 1 aromatic carbocycles. The van der Waals surface area contributed by atoms with Gasteiger partial charge in [0.15, 0.2) is 0 Å². The smallest absolute Gasteiger partial charge is 0.251 e. The molecule has 0 aromatic heterocycles. The first-order valence-electron chi connectivity index (χ1n) is 6.94. The number of carbonyl (C=O) groups is 1. The van der Waals surface area contributed by atoms with Gasteiger partial charge in [0.2, 0.25) is 20.0 Å². The fraction of sp³-hybridized carbons (Fsp3) is 0.462. The Morgan fingerprint density at radius 2 is 1.83 bits per heavy atom. The Balaban J connectivity index is 2.82. The number of benzene rings is 1. The first kappa shape index (κ1) is 20.5. The minimum atomic E-state index is -3.97. The molecule has 8 nitrogen and oxygen atoms in total. The van der Waals surface area contributed by atoms with Crippen molar-refractivity contribution >= 4 is 26.0 Å². The molecule has 0 aliphatic heterocycles. The standard InChI is InChI=1S/C13H20FN3O5S2/c1-17(2)23(19,20)9-8-16-24(21,22)12-5-3-4-11(10-12)13(18)15-7-6-14/h3-5,10,16H,6-9H2,1-2H3,(H,15,18). The number of nitrogens with zero attached hydrogens (tertiary/aromatic N) is 1. The first-order valence-corrected chi connectivity index (χ1v) is 10.0. The molecule has 0 saturated carbocycles. The molecule has 0 unspecified atom stereocenters. The SMILES string of the molecule is CN(C)S(=O)(=O)CCNS(=O)(=O)c1cccc(C(=O)NCCF)c1. The van der Waals surface area contributed by atoms with E-state index in [4.69, 9.17) is 0 Å². The summed E-state index contributed by atoms with van der Waals surface area (Å²) in [6, 6.07) is 5.17. The molecule has 0 fully saturated rings. The van der Waals surface area contributed by atoms with E-state index in [1.54, 1.807) is 0 Å². The molecule has 0 aliphatic rings. The second-order valence-electron chi connectivity index (χ2n) is 4.97. The van der Waals surface area contributed by atoms with Gasteiger partial charge in [0.25, 0.3) is 5.91 Å². The number of sulfonamides is 2. The lowest BCUT2D eigenvalue weighted by atomic mass is 10.2. The lowest BCUT2D eigenvalue weighted by Crippen LogP contribution is -2.34. The molecule has 0 atom stereocenters. The molecular weight excluding hydrogens is 361 g/mol. The monoisotopic (exact) mass is 381 g/mol. The van der Waals surface area contributed by atoms with Gasteiger partial charge in [-0.15, -0.1) is 0 Å². The van der Waals surface area contributed by atoms with Crippen molar-refractivity contribution in [2.45, 2.75) is 4.90 Å². The molecule has 1 rings (SSSR count). The summed E-state index contributed by atoms with van der Waals surface area (Å²) in [6.45, 7) is -1.21. The summed E-state index contributed by atoms with van der Waals surface area (Å²) >= 11 is 0. The zero-order valence-electron chi connectivity index (χ0n) is 13.3. The molecular formula is C13H20FN3O5S2. The quantitative estimate of drug-likeness (QED) is 0.602. The molecule has 2 N–H and O–H groups in total. The molecule has 0 spiro atoms. The number of nitrogens with one attached hydrogen (secondary N) is 2. The summed E-state index contributed by atoms with van der Waals surface area (Å²) in [7, 11) is -4.80. The Hall–Kier alpha value is -1.56. The molecule has 136 valence electrons. The van der Waals surface area contributed by atoms with Crippen LogP contribution in [0.15, 0.2) is 29.2 Å². The highest BCUT2D eigenvalue weighted by Crippen LogP contribution is 2.11. The van der Waals surface area contributed by atoms with Crippen molar-refractivity contribution in [2.24, 2.45) is 0 Å². The van der Waals surface area contributed by atoms with Crippen LogP contribution >= 0.6 is 0 Å². The average Bonchev–Trinajstić information content (AvgIpc) is 2.52. The highest BCUT2D eigenvalue weighted by Gasteiger charge is 2.19. The van der Waals surface area contributed by atoms with Crippen LogP contribution < -0.4 is 10.0 Å². The maximum Gasteiger partial charge on any atom is 0.251 e. The Bertz CT molecular complexity index is 779. The van der Waals surface area contributed by atoms with Crippen LogP contribution in [0.25, 0.3) is 0 Å². The van der Waals surface area contributed by atoms with Crippen LogP contribution in [0.3, 0.4) is 0 Å². The number of carbonyl (C=O) groups excluding carboxylic acids is 1. The van der Waals surface area contributed by atoms with Crippen LogP contribution in [-0.4, -0.2) is 66.7 Å². The molecule has 11 heteroatoms. The van der Waals surface area contributed by atoms with Crippen LogP contribution in [0.5, 0.6) is 0 Å². The average molecular weight is 381 g/mol. The van der Waals surface area contributed by atoms with Crippen molar-refractivity contribution in [2.75, 3.05) is 39.6 Å². The van der Waals surface area contributed by atoms with Crippen LogP contribution in [0.2, 0.25) is 0 Å². The van der Waals surface area contributed by atoms with Crippen molar-refractivity contribution in [1.82, 2.24) is 14.3 Å². The van der Waals surface area contributed by atoms with E-state index in [-0.39, 0.29) is 23.5 Å². The highest BCUT2D eigenvalue weighted by molar-refractivity contribution is 7.90. The molecule has 1 aromatic rings. The zero-order valence-corrected chi connectivity index (χ0v) is 15.0. The zero-order chi connectivity index (χ0) is 18.4. The van der Waals surface area contributed by atoms with Gasteiger partial charge in [0, 0.05) is 32.7 Å². The Kier molecular flexibility index (Phi) is 7.27. The van der Waals surface area contributed by atoms with E-state index >= 15 is 0 Å². The molecule has 1 amide bonds. The van der Waals surface area contributed by atoms with E-state index in [2.05, 4.69) is 10.0 Å². The van der Waals surface area contributed by atoms with Crippen molar-refractivity contribution in [3.63, 3.8) is 0 Å². The third-order valence-electron chi connectivity index (χ3n) is 3.00. The lowest BCUT2D eigenvalue weighted by Gasteiger charge is -2.12. The van der Waals surface area contributed by atoms with Gasteiger partial charge in [0.05, 0.1) is 10.6 Å². The normalized spacial score (nSPS) is 12.3. The predicted molar refractivity (Wildman–Crippen MR) is 87.4 cm³/mol. The topological polar surface area (TPSA) is 113 Å².